The molecule has 0 aliphatic carbocycles. The van der Waals surface area contributed by atoms with Crippen molar-refractivity contribution in [1.82, 2.24) is 9.80 Å². The zero-order valence-electron chi connectivity index (χ0n) is 21.0. The van der Waals surface area contributed by atoms with Gasteiger partial charge in [-0.05, 0) is 74.5 Å². The summed E-state index contributed by atoms with van der Waals surface area (Å²) in [6.07, 6.45) is 0.737. The molecule has 0 radical (unpaired) electrons. The van der Waals surface area contributed by atoms with E-state index in [1.54, 1.807) is 51.5 Å². The van der Waals surface area contributed by atoms with Gasteiger partial charge in [0.25, 0.3) is 5.91 Å². The number of ether oxygens (including phenoxy) is 3. The number of hydrogen-bond acceptors (Lipinski definition) is 6. The lowest BCUT2D eigenvalue weighted by atomic mass is 9.99. The summed E-state index contributed by atoms with van der Waals surface area (Å²) in [5.74, 6) is 0.698. The molecule has 0 fully saturated rings. The summed E-state index contributed by atoms with van der Waals surface area (Å²) in [4.78, 5) is 31.9. The van der Waals surface area contributed by atoms with E-state index in [0.29, 0.717) is 29.4 Å². The Morgan fingerprint density at radius 1 is 1.14 bits per heavy atom. The van der Waals surface area contributed by atoms with Gasteiger partial charge < -0.3 is 24.0 Å². The van der Waals surface area contributed by atoms with Crippen LogP contribution in [0.4, 0.5) is 4.39 Å². The molecule has 5 rings (SSSR count). The molecule has 2 aliphatic rings. The summed E-state index contributed by atoms with van der Waals surface area (Å²) in [6.45, 7) is 6.44. The topological polar surface area (TPSA) is 68.3 Å². The molecule has 0 N–H and O–H groups in total. The zero-order valence-corrected chi connectivity index (χ0v) is 21.8. The fourth-order valence-electron chi connectivity index (χ4n) is 4.63. The summed E-state index contributed by atoms with van der Waals surface area (Å²) in [7, 11) is 0. The molecule has 1 unspecified atom stereocenters. The molecule has 1 atom stereocenters. The Bertz CT molecular complexity index is 1320. The summed E-state index contributed by atoms with van der Waals surface area (Å²) in [6, 6.07) is 12.7. The quantitative estimate of drug-likeness (QED) is 0.451. The number of hydrogen-bond donors (Lipinski definition) is 0. The standard InChI is InChI=1S/C28H29FN2O5S/c1-28(2,3)31(27(33)18-7-8-23-24(13-18)36-17-35-23)15-26(32)30-11-9-25-21(10-12-37-25)22(30)16-34-20-6-4-5-19(29)14-20/h4-8,10,12-14,22H,9,11,15-17H2,1-3H3. The van der Waals surface area contributed by atoms with Crippen LogP contribution in [0.1, 0.15) is 47.6 Å². The summed E-state index contributed by atoms with van der Waals surface area (Å²) >= 11 is 1.66. The molecule has 194 valence electrons. The van der Waals surface area contributed by atoms with Gasteiger partial charge >= 0.3 is 0 Å². The van der Waals surface area contributed by atoms with Gasteiger partial charge in [0.1, 0.15) is 24.7 Å². The first-order valence-corrected chi connectivity index (χ1v) is 13.0. The van der Waals surface area contributed by atoms with E-state index in [0.717, 1.165) is 12.0 Å². The van der Waals surface area contributed by atoms with E-state index in [9.17, 15) is 14.0 Å². The number of fused-ring (bicyclic) bond motifs is 2. The fourth-order valence-corrected chi connectivity index (χ4v) is 5.56. The Morgan fingerprint density at radius 3 is 2.73 bits per heavy atom. The van der Waals surface area contributed by atoms with E-state index >= 15 is 0 Å². The Morgan fingerprint density at radius 2 is 1.95 bits per heavy atom. The van der Waals surface area contributed by atoms with Crippen LogP contribution in [0.15, 0.2) is 53.9 Å². The highest BCUT2D eigenvalue weighted by Gasteiger charge is 2.36. The van der Waals surface area contributed by atoms with Crippen LogP contribution < -0.4 is 14.2 Å². The number of carbonyl (C=O) groups excluding carboxylic acids is 2. The lowest BCUT2D eigenvalue weighted by Gasteiger charge is -2.40. The van der Waals surface area contributed by atoms with Gasteiger partial charge in [-0.3, -0.25) is 9.59 Å². The molecular formula is C28H29FN2O5S. The van der Waals surface area contributed by atoms with Gasteiger partial charge in [0.15, 0.2) is 11.5 Å². The molecule has 7 nitrogen and oxygen atoms in total. The second kappa shape index (κ2) is 10.0. The molecule has 2 aliphatic heterocycles. The zero-order chi connectivity index (χ0) is 26.2. The minimum absolute atomic E-state index is 0.0906. The molecule has 0 saturated carbocycles. The van der Waals surface area contributed by atoms with Gasteiger partial charge in [0.2, 0.25) is 12.7 Å². The van der Waals surface area contributed by atoms with Crippen molar-refractivity contribution in [1.29, 1.82) is 0 Å². The summed E-state index contributed by atoms with van der Waals surface area (Å²) in [5, 5.41) is 2.01. The third-order valence-electron chi connectivity index (χ3n) is 6.59. The maximum Gasteiger partial charge on any atom is 0.254 e. The highest BCUT2D eigenvalue weighted by Crippen LogP contribution is 2.35. The number of carbonyl (C=O) groups is 2. The highest BCUT2D eigenvalue weighted by atomic mass is 32.1. The first-order chi connectivity index (χ1) is 17.7. The maximum atomic E-state index is 13.8. The molecular weight excluding hydrogens is 495 g/mol. The minimum atomic E-state index is -0.611. The monoisotopic (exact) mass is 524 g/mol. The Hall–Kier alpha value is -3.59. The van der Waals surface area contributed by atoms with Crippen molar-refractivity contribution in [3.8, 4) is 17.2 Å². The fraction of sp³-hybridized carbons (Fsp3) is 0.357. The maximum absolute atomic E-state index is 13.8. The van der Waals surface area contributed by atoms with E-state index in [2.05, 4.69) is 0 Å². The van der Waals surface area contributed by atoms with Crippen molar-refractivity contribution in [2.45, 2.75) is 38.8 Å². The number of rotatable bonds is 6. The van der Waals surface area contributed by atoms with Crippen LogP contribution in [0.3, 0.4) is 0 Å². The van der Waals surface area contributed by atoms with Crippen LogP contribution in [0.2, 0.25) is 0 Å². The number of benzene rings is 2. The Labute approximate surface area is 219 Å². The average molecular weight is 525 g/mol. The number of nitrogens with zero attached hydrogens (tertiary/aromatic N) is 2. The normalized spacial score (nSPS) is 16.3. The second-order valence-electron chi connectivity index (χ2n) is 10.1. The van der Waals surface area contributed by atoms with E-state index in [1.165, 1.54) is 17.0 Å². The van der Waals surface area contributed by atoms with E-state index < -0.39 is 5.54 Å². The van der Waals surface area contributed by atoms with Crippen molar-refractivity contribution in [2.24, 2.45) is 0 Å². The van der Waals surface area contributed by atoms with Crippen molar-refractivity contribution < 1.29 is 28.2 Å². The van der Waals surface area contributed by atoms with Crippen LogP contribution >= 0.6 is 11.3 Å². The molecule has 9 heteroatoms. The predicted molar refractivity (Wildman–Crippen MR) is 138 cm³/mol. The van der Waals surface area contributed by atoms with Crippen LogP contribution in [-0.2, 0) is 11.2 Å². The first kappa shape index (κ1) is 25.1. The summed E-state index contributed by atoms with van der Waals surface area (Å²) in [5.41, 5.74) is 0.849. The van der Waals surface area contributed by atoms with Crippen LogP contribution in [-0.4, -0.2) is 53.6 Å². The van der Waals surface area contributed by atoms with Crippen molar-refractivity contribution >= 4 is 23.2 Å². The lowest BCUT2D eigenvalue weighted by molar-refractivity contribution is -0.136. The van der Waals surface area contributed by atoms with Gasteiger partial charge in [-0.15, -0.1) is 11.3 Å². The van der Waals surface area contributed by atoms with Crippen LogP contribution in [0.5, 0.6) is 17.2 Å². The minimum Gasteiger partial charge on any atom is -0.491 e. The average Bonchev–Trinajstić information content (AvgIpc) is 3.53. The second-order valence-corrected chi connectivity index (χ2v) is 11.1. The van der Waals surface area contributed by atoms with Crippen molar-refractivity contribution in [2.75, 3.05) is 26.5 Å². The lowest BCUT2D eigenvalue weighted by Crippen LogP contribution is -2.53. The van der Waals surface area contributed by atoms with Gasteiger partial charge in [-0.25, -0.2) is 4.39 Å². The summed E-state index contributed by atoms with van der Waals surface area (Å²) < 4.78 is 30.4. The van der Waals surface area contributed by atoms with Gasteiger partial charge in [0, 0.05) is 28.6 Å². The number of thiophene rings is 1. The number of halogens is 1. The van der Waals surface area contributed by atoms with Crippen LogP contribution in [0, 0.1) is 5.82 Å². The van der Waals surface area contributed by atoms with E-state index in [-0.39, 0.29) is 43.6 Å². The Balaban J connectivity index is 1.37. The molecule has 37 heavy (non-hydrogen) atoms. The largest absolute Gasteiger partial charge is 0.491 e. The van der Waals surface area contributed by atoms with Gasteiger partial charge in [-0.2, -0.15) is 0 Å². The molecule has 3 heterocycles. The third kappa shape index (κ3) is 5.27. The van der Waals surface area contributed by atoms with Crippen LogP contribution in [0.25, 0.3) is 0 Å². The number of amides is 2. The molecule has 0 spiro atoms. The molecule has 2 amide bonds. The molecule has 2 aromatic carbocycles. The molecule has 0 bridgehead atoms. The molecule has 1 aromatic heterocycles. The van der Waals surface area contributed by atoms with Crippen molar-refractivity contribution in [3.05, 3.63) is 75.7 Å². The molecule has 3 aromatic rings. The van der Waals surface area contributed by atoms with E-state index in [4.69, 9.17) is 14.2 Å². The third-order valence-corrected chi connectivity index (χ3v) is 7.58. The predicted octanol–water partition coefficient (Wildman–Crippen LogP) is 5.06. The first-order valence-electron chi connectivity index (χ1n) is 12.2. The van der Waals surface area contributed by atoms with Gasteiger partial charge in [-0.1, -0.05) is 6.07 Å². The Kier molecular flexibility index (Phi) is 6.81. The SMILES string of the molecule is CC(C)(C)N(CC(=O)N1CCc2sccc2C1COc1cccc(F)c1)C(=O)c1ccc2c(c1)OCO2. The smallest absolute Gasteiger partial charge is 0.254 e. The van der Waals surface area contributed by atoms with Crippen molar-refractivity contribution in [3.63, 3.8) is 0 Å². The highest BCUT2D eigenvalue weighted by molar-refractivity contribution is 7.10. The molecule has 0 saturated heterocycles. The van der Waals surface area contributed by atoms with E-state index in [1.807, 2.05) is 32.2 Å². The van der Waals surface area contributed by atoms with Gasteiger partial charge in [0.05, 0.1) is 6.04 Å².